The van der Waals surface area contributed by atoms with Crippen LogP contribution in [-0.4, -0.2) is 31.7 Å². The third-order valence-corrected chi connectivity index (χ3v) is 2.70. The molecule has 0 fully saturated rings. The Kier molecular flexibility index (Phi) is 6.30. The Morgan fingerprint density at radius 2 is 2.00 bits per heavy atom. The largest absolute Gasteiger partial charge is 0.493 e. The van der Waals surface area contributed by atoms with Crippen molar-refractivity contribution >= 4 is 17.7 Å². The maximum Gasteiger partial charge on any atom is 0.349 e. The SMILES string of the molecule is C=CCOC(=O)/C(C#N)=C/c1cc(OC)c(OC)cc1[N+](=O)[O-]. The lowest BCUT2D eigenvalue weighted by Gasteiger charge is -2.09. The molecule has 0 aliphatic rings. The first-order valence-electron chi connectivity index (χ1n) is 6.28. The van der Waals surface area contributed by atoms with Crippen molar-refractivity contribution in [2.45, 2.75) is 0 Å². The molecule has 8 heteroatoms. The van der Waals surface area contributed by atoms with Gasteiger partial charge < -0.3 is 14.2 Å². The summed E-state index contributed by atoms with van der Waals surface area (Å²) in [7, 11) is 2.70. The zero-order chi connectivity index (χ0) is 17.4. The molecule has 0 aliphatic heterocycles. The third kappa shape index (κ3) is 4.31. The van der Waals surface area contributed by atoms with Crippen LogP contribution in [0.3, 0.4) is 0 Å². The topological polar surface area (TPSA) is 112 Å². The number of nitro benzene ring substituents is 1. The molecule has 0 heterocycles. The molecular weight excluding hydrogens is 304 g/mol. The van der Waals surface area contributed by atoms with E-state index in [4.69, 9.17) is 19.5 Å². The molecule has 0 atom stereocenters. The Balaban J connectivity index is 3.41. The van der Waals surface area contributed by atoms with Crippen molar-refractivity contribution in [1.82, 2.24) is 0 Å². The maximum absolute atomic E-state index is 11.7. The molecule has 23 heavy (non-hydrogen) atoms. The van der Waals surface area contributed by atoms with E-state index in [1.807, 2.05) is 0 Å². The molecule has 8 nitrogen and oxygen atoms in total. The molecule has 0 aliphatic carbocycles. The van der Waals surface area contributed by atoms with Crippen LogP contribution in [0.2, 0.25) is 0 Å². The molecule has 0 saturated carbocycles. The first-order chi connectivity index (χ1) is 11.0. The summed E-state index contributed by atoms with van der Waals surface area (Å²) < 4.78 is 14.8. The van der Waals surface area contributed by atoms with Crippen molar-refractivity contribution in [3.05, 3.63) is 46.0 Å². The van der Waals surface area contributed by atoms with Crippen LogP contribution in [0.15, 0.2) is 30.4 Å². The third-order valence-electron chi connectivity index (χ3n) is 2.70. The molecule has 0 radical (unpaired) electrons. The molecule has 0 bridgehead atoms. The summed E-state index contributed by atoms with van der Waals surface area (Å²) in [5.41, 5.74) is -0.714. The summed E-state index contributed by atoms with van der Waals surface area (Å²) in [4.78, 5) is 22.2. The number of benzene rings is 1. The van der Waals surface area contributed by atoms with Crippen molar-refractivity contribution in [3.63, 3.8) is 0 Å². The van der Waals surface area contributed by atoms with E-state index in [0.29, 0.717) is 0 Å². The van der Waals surface area contributed by atoms with Gasteiger partial charge in [-0.2, -0.15) is 5.26 Å². The second-order valence-corrected chi connectivity index (χ2v) is 4.08. The average Bonchev–Trinajstić information content (AvgIpc) is 2.56. The van der Waals surface area contributed by atoms with Gasteiger partial charge in [-0.25, -0.2) is 4.79 Å². The number of nitro groups is 1. The van der Waals surface area contributed by atoms with Crippen LogP contribution in [-0.2, 0) is 9.53 Å². The van der Waals surface area contributed by atoms with Crippen LogP contribution < -0.4 is 9.47 Å². The summed E-state index contributed by atoms with van der Waals surface area (Å²) in [6.07, 6.45) is 2.40. The first kappa shape index (κ1) is 17.7. The Morgan fingerprint density at radius 3 is 2.48 bits per heavy atom. The normalized spacial score (nSPS) is 10.4. The number of carbonyl (C=O) groups is 1. The zero-order valence-electron chi connectivity index (χ0n) is 12.6. The minimum atomic E-state index is -0.906. The quantitative estimate of drug-likeness (QED) is 0.189. The van der Waals surface area contributed by atoms with Gasteiger partial charge in [-0.05, 0) is 12.1 Å². The van der Waals surface area contributed by atoms with E-state index in [9.17, 15) is 14.9 Å². The van der Waals surface area contributed by atoms with Crippen LogP contribution in [0.4, 0.5) is 5.69 Å². The van der Waals surface area contributed by atoms with Gasteiger partial charge in [0.1, 0.15) is 18.2 Å². The van der Waals surface area contributed by atoms with E-state index in [-0.39, 0.29) is 34.9 Å². The summed E-state index contributed by atoms with van der Waals surface area (Å²) in [6.45, 7) is 3.30. The van der Waals surface area contributed by atoms with E-state index < -0.39 is 10.9 Å². The van der Waals surface area contributed by atoms with Crippen molar-refractivity contribution in [3.8, 4) is 17.6 Å². The number of rotatable bonds is 7. The summed E-state index contributed by atoms with van der Waals surface area (Å²) in [5, 5.41) is 20.2. The van der Waals surface area contributed by atoms with Gasteiger partial charge in [0, 0.05) is 0 Å². The Labute approximate surface area is 132 Å². The fourth-order valence-corrected chi connectivity index (χ4v) is 1.66. The smallest absolute Gasteiger partial charge is 0.349 e. The number of carbonyl (C=O) groups excluding carboxylic acids is 1. The van der Waals surface area contributed by atoms with E-state index in [2.05, 4.69) is 6.58 Å². The molecule has 0 N–H and O–H groups in total. The lowest BCUT2D eigenvalue weighted by molar-refractivity contribution is -0.385. The summed E-state index contributed by atoms with van der Waals surface area (Å²) in [6, 6.07) is 4.10. The highest BCUT2D eigenvalue weighted by molar-refractivity contribution is 5.98. The van der Waals surface area contributed by atoms with Gasteiger partial charge in [-0.1, -0.05) is 12.7 Å². The van der Waals surface area contributed by atoms with E-state index in [0.717, 1.165) is 12.1 Å². The van der Waals surface area contributed by atoms with Gasteiger partial charge in [0.05, 0.1) is 30.8 Å². The van der Waals surface area contributed by atoms with Crippen LogP contribution >= 0.6 is 0 Å². The fourth-order valence-electron chi connectivity index (χ4n) is 1.66. The van der Waals surface area contributed by atoms with Crippen molar-refractivity contribution in [1.29, 1.82) is 5.26 Å². The van der Waals surface area contributed by atoms with Crippen molar-refractivity contribution in [2.75, 3.05) is 20.8 Å². The highest BCUT2D eigenvalue weighted by Crippen LogP contribution is 2.35. The van der Waals surface area contributed by atoms with E-state index in [1.54, 1.807) is 6.07 Å². The van der Waals surface area contributed by atoms with Gasteiger partial charge in [-0.15, -0.1) is 0 Å². The lowest BCUT2D eigenvalue weighted by Crippen LogP contribution is -2.07. The Morgan fingerprint density at radius 1 is 1.39 bits per heavy atom. The zero-order valence-corrected chi connectivity index (χ0v) is 12.6. The second-order valence-electron chi connectivity index (χ2n) is 4.08. The number of hydrogen-bond acceptors (Lipinski definition) is 7. The predicted octanol–water partition coefficient (Wildman–Crippen LogP) is 2.25. The van der Waals surface area contributed by atoms with Gasteiger partial charge in [-0.3, -0.25) is 10.1 Å². The predicted molar refractivity (Wildman–Crippen MR) is 80.9 cm³/mol. The van der Waals surface area contributed by atoms with E-state index >= 15 is 0 Å². The van der Waals surface area contributed by atoms with Gasteiger partial charge in [0.15, 0.2) is 11.5 Å². The molecule has 120 valence electrons. The molecule has 0 unspecified atom stereocenters. The molecule has 1 aromatic carbocycles. The second kappa shape index (κ2) is 8.19. The molecule has 0 aromatic heterocycles. The number of esters is 1. The van der Waals surface area contributed by atoms with Crippen LogP contribution in [0.25, 0.3) is 6.08 Å². The standard InChI is InChI=1S/C15H14N2O6/c1-4-5-23-15(18)11(9-16)6-10-7-13(21-2)14(22-3)8-12(10)17(19)20/h4,6-8H,1,5H2,2-3H3/b11-6+. The Hall–Kier alpha value is -3.34. The number of nitrogens with zero attached hydrogens (tertiary/aromatic N) is 2. The van der Waals surface area contributed by atoms with Gasteiger partial charge in [0.25, 0.3) is 5.69 Å². The van der Waals surface area contributed by atoms with Crippen LogP contribution in [0.5, 0.6) is 11.5 Å². The number of methoxy groups -OCH3 is 2. The summed E-state index contributed by atoms with van der Waals surface area (Å²) >= 11 is 0. The van der Waals surface area contributed by atoms with Crippen LogP contribution in [0.1, 0.15) is 5.56 Å². The van der Waals surface area contributed by atoms with Crippen LogP contribution in [0, 0.1) is 21.4 Å². The highest BCUT2D eigenvalue weighted by Gasteiger charge is 2.20. The molecular formula is C15H14N2O6. The van der Waals surface area contributed by atoms with Crippen molar-refractivity contribution in [2.24, 2.45) is 0 Å². The Bertz CT molecular complexity index is 703. The maximum atomic E-state index is 11.7. The fraction of sp³-hybridized carbons (Fsp3) is 0.200. The molecule has 0 amide bonds. The number of nitriles is 1. The van der Waals surface area contributed by atoms with Gasteiger partial charge in [0.2, 0.25) is 0 Å². The minimum Gasteiger partial charge on any atom is -0.493 e. The molecule has 1 aromatic rings. The van der Waals surface area contributed by atoms with E-state index in [1.165, 1.54) is 26.4 Å². The van der Waals surface area contributed by atoms with Crippen molar-refractivity contribution < 1.29 is 23.9 Å². The first-order valence-corrected chi connectivity index (χ1v) is 6.28. The molecule has 0 spiro atoms. The van der Waals surface area contributed by atoms with Gasteiger partial charge >= 0.3 is 5.97 Å². The highest BCUT2D eigenvalue weighted by atomic mass is 16.6. The number of hydrogen-bond donors (Lipinski definition) is 0. The molecule has 1 rings (SSSR count). The average molecular weight is 318 g/mol. The summed E-state index contributed by atoms with van der Waals surface area (Å²) in [5.74, 6) is -0.526. The lowest BCUT2D eigenvalue weighted by atomic mass is 10.1. The molecule has 0 saturated heterocycles. The number of ether oxygens (including phenoxy) is 3. The minimum absolute atomic E-state index is 0.0137. The monoisotopic (exact) mass is 318 g/mol.